The summed E-state index contributed by atoms with van der Waals surface area (Å²) in [7, 11) is 1.60. The van der Waals surface area contributed by atoms with Crippen LogP contribution >= 0.6 is 12.2 Å². The van der Waals surface area contributed by atoms with Crippen LogP contribution in [0.5, 0.6) is 5.75 Å². The molecule has 1 rings (SSSR count). The van der Waals surface area contributed by atoms with E-state index in [1.54, 1.807) is 13.2 Å². The van der Waals surface area contributed by atoms with Gasteiger partial charge in [-0.3, -0.25) is 0 Å². The zero-order valence-electron chi connectivity index (χ0n) is 7.86. The number of hydrogen-bond acceptors (Lipinski definition) is 3. The average molecular weight is 208 g/mol. The lowest BCUT2D eigenvalue weighted by atomic mass is 10.1. The Bertz CT molecular complexity index is 374. The van der Waals surface area contributed by atoms with Gasteiger partial charge in [0, 0.05) is 11.3 Å². The van der Waals surface area contributed by atoms with E-state index in [9.17, 15) is 0 Å². The topological polar surface area (TPSA) is 61.3 Å². The monoisotopic (exact) mass is 208 g/mol. The summed E-state index contributed by atoms with van der Waals surface area (Å²) in [6.45, 7) is 0. The Morgan fingerprint density at radius 3 is 2.71 bits per heavy atom. The zero-order valence-corrected chi connectivity index (χ0v) is 8.67. The van der Waals surface area contributed by atoms with Gasteiger partial charge in [-0.15, -0.1) is 0 Å². The maximum absolute atomic E-state index is 5.76. The van der Waals surface area contributed by atoms with Crippen molar-refractivity contribution >= 4 is 22.9 Å². The number of nitrogens with two attached hydrogens (primary N) is 2. The summed E-state index contributed by atoms with van der Waals surface area (Å²) < 4.78 is 5.06. The van der Waals surface area contributed by atoms with Crippen molar-refractivity contribution in [2.75, 3.05) is 7.11 Å². The van der Waals surface area contributed by atoms with E-state index in [0.29, 0.717) is 5.70 Å². The third kappa shape index (κ3) is 2.74. The molecule has 74 valence electrons. The average Bonchev–Trinajstić information content (AvgIpc) is 2.17. The Morgan fingerprint density at radius 2 is 2.14 bits per heavy atom. The molecule has 0 saturated heterocycles. The molecule has 0 unspecified atom stereocenters. The number of ether oxygens (including phenoxy) is 1. The van der Waals surface area contributed by atoms with Crippen molar-refractivity contribution in [3.63, 3.8) is 0 Å². The summed E-state index contributed by atoms with van der Waals surface area (Å²) in [5.41, 5.74) is 12.5. The van der Waals surface area contributed by atoms with Gasteiger partial charge in [0.25, 0.3) is 0 Å². The van der Waals surface area contributed by atoms with Crippen molar-refractivity contribution in [1.29, 1.82) is 0 Å². The van der Waals surface area contributed by atoms with Crippen LogP contribution in [0.25, 0.3) is 5.70 Å². The van der Waals surface area contributed by atoms with Crippen molar-refractivity contribution in [3.05, 3.63) is 35.9 Å². The third-order valence-corrected chi connectivity index (χ3v) is 1.82. The van der Waals surface area contributed by atoms with E-state index < -0.39 is 0 Å². The van der Waals surface area contributed by atoms with Crippen LogP contribution in [0.3, 0.4) is 0 Å². The van der Waals surface area contributed by atoms with Crippen LogP contribution in [0.2, 0.25) is 0 Å². The smallest absolute Gasteiger partial charge is 0.119 e. The van der Waals surface area contributed by atoms with Crippen LogP contribution in [0.4, 0.5) is 0 Å². The van der Waals surface area contributed by atoms with Gasteiger partial charge in [0.15, 0.2) is 0 Å². The minimum absolute atomic E-state index is 0.269. The van der Waals surface area contributed by atoms with Gasteiger partial charge in [-0.1, -0.05) is 24.4 Å². The number of hydrogen-bond donors (Lipinski definition) is 2. The Kier molecular flexibility index (Phi) is 3.48. The molecule has 0 heterocycles. The minimum atomic E-state index is 0.269. The van der Waals surface area contributed by atoms with Crippen LogP contribution in [-0.2, 0) is 0 Å². The van der Waals surface area contributed by atoms with E-state index in [2.05, 4.69) is 0 Å². The van der Waals surface area contributed by atoms with Crippen molar-refractivity contribution in [1.82, 2.24) is 0 Å². The molecule has 14 heavy (non-hydrogen) atoms. The Balaban J connectivity index is 3.01. The first-order valence-corrected chi connectivity index (χ1v) is 4.45. The Morgan fingerprint density at radius 1 is 1.43 bits per heavy atom. The largest absolute Gasteiger partial charge is 0.497 e. The third-order valence-electron chi connectivity index (χ3n) is 1.70. The number of rotatable bonds is 3. The standard InChI is InChI=1S/C10H12N2OS/c1-13-8-4-2-3-7(5-8)9(11)6-10(12)14/h2-6H,11H2,1H3,(H2,12,14)/b9-6+. The molecular weight excluding hydrogens is 196 g/mol. The van der Waals surface area contributed by atoms with Crippen LogP contribution < -0.4 is 16.2 Å². The lowest BCUT2D eigenvalue weighted by molar-refractivity contribution is 0.414. The molecule has 4 heteroatoms. The van der Waals surface area contributed by atoms with Crippen LogP contribution in [0, 0.1) is 0 Å². The summed E-state index contributed by atoms with van der Waals surface area (Å²) in [5, 5.41) is 0. The molecule has 0 aromatic heterocycles. The molecule has 0 aliphatic carbocycles. The van der Waals surface area contributed by atoms with Gasteiger partial charge < -0.3 is 16.2 Å². The first kappa shape index (κ1) is 10.5. The molecule has 0 aliphatic rings. The highest BCUT2D eigenvalue weighted by molar-refractivity contribution is 7.80. The van der Waals surface area contributed by atoms with Crippen molar-refractivity contribution in [2.24, 2.45) is 11.5 Å². The molecule has 1 aromatic carbocycles. The van der Waals surface area contributed by atoms with E-state index in [4.69, 9.17) is 28.4 Å². The molecule has 4 N–H and O–H groups in total. The minimum Gasteiger partial charge on any atom is -0.497 e. The fourth-order valence-corrected chi connectivity index (χ4v) is 1.17. The van der Waals surface area contributed by atoms with E-state index in [1.165, 1.54) is 0 Å². The van der Waals surface area contributed by atoms with Gasteiger partial charge in [-0.05, 0) is 18.2 Å². The molecule has 0 radical (unpaired) electrons. The number of methoxy groups -OCH3 is 1. The predicted molar refractivity (Wildman–Crippen MR) is 61.9 cm³/mol. The predicted octanol–water partition coefficient (Wildman–Crippen LogP) is 1.28. The van der Waals surface area contributed by atoms with Gasteiger partial charge in [0.1, 0.15) is 5.75 Å². The highest BCUT2D eigenvalue weighted by Crippen LogP contribution is 2.16. The quantitative estimate of drug-likeness (QED) is 0.580. The molecule has 0 aliphatic heterocycles. The summed E-state index contributed by atoms with van der Waals surface area (Å²) in [4.78, 5) is 0.269. The second-order valence-electron chi connectivity index (χ2n) is 2.73. The van der Waals surface area contributed by atoms with E-state index in [0.717, 1.165) is 11.3 Å². The van der Waals surface area contributed by atoms with Gasteiger partial charge in [0.05, 0.1) is 12.1 Å². The Labute approximate surface area is 88.4 Å². The second kappa shape index (κ2) is 4.62. The van der Waals surface area contributed by atoms with Crippen molar-refractivity contribution in [2.45, 2.75) is 0 Å². The molecular formula is C10H12N2OS. The van der Waals surface area contributed by atoms with Crippen molar-refractivity contribution in [3.8, 4) is 5.75 Å². The lowest BCUT2D eigenvalue weighted by Gasteiger charge is -2.04. The fraction of sp³-hybridized carbons (Fsp3) is 0.100. The molecule has 0 atom stereocenters. The summed E-state index contributed by atoms with van der Waals surface area (Å²) in [6, 6.07) is 7.39. The Hall–Kier alpha value is -1.55. The first-order chi connectivity index (χ1) is 6.63. The van der Waals surface area contributed by atoms with Crippen LogP contribution in [0.15, 0.2) is 30.3 Å². The van der Waals surface area contributed by atoms with Gasteiger partial charge >= 0.3 is 0 Å². The normalized spacial score (nSPS) is 11.1. The molecule has 0 amide bonds. The molecule has 0 bridgehead atoms. The lowest BCUT2D eigenvalue weighted by Crippen LogP contribution is -2.07. The molecule has 3 nitrogen and oxygen atoms in total. The van der Waals surface area contributed by atoms with Crippen LogP contribution in [0.1, 0.15) is 5.56 Å². The summed E-state index contributed by atoms with van der Waals surface area (Å²) >= 11 is 4.72. The molecule has 0 fully saturated rings. The zero-order chi connectivity index (χ0) is 10.6. The SMILES string of the molecule is COc1cccc(/C(N)=C\C(N)=S)c1. The first-order valence-electron chi connectivity index (χ1n) is 4.04. The molecule has 1 aromatic rings. The van der Waals surface area contributed by atoms with E-state index >= 15 is 0 Å². The highest BCUT2D eigenvalue weighted by Gasteiger charge is 1.98. The van der Waals surface area contributed by atoms with Gasteiger partial charge in [-0.2, -0.15) is 0 Å². The van der Waals surface area contributed by atoms with Gasteiger partial charge in [-0.25, -0.2) is 0 Å². The van der Waals surface area contributed by atoms with Gasteiger partial charge in [0.2, 0.25) is 0 Å². The number of benzene rings is 1. The number of thiocarbonyl (C=S) groups is 1. The van der Waals surface area contributed by atoms with Crippen molar-refractivity contribution < 1.29 is 4.74 Å². The molecule has 0 saturated carbocycles. The van der Waals surface area contributed by atoms with E-state index in [-0.39, 0.29) is 4.99 Å². The fourth-order valence-electron chi connectivity index (χ4n) is 1.04. The van der Waals surface area contributed by atoms with Crippen LogP contribution in [-0.4, -0.2) is 12.1 Å². The van der Waals surface area contributed by atoms with E-state index in [1.807, 2.05) is 24.3 Å². The maximum Gasteiger partial charge on any atom is 0.119 e. The second-order valence-corrected chi connectivity index (χ2v) is 3.21. The highest BCUT2D eigenvalue weighted by atomic mass is 32.1. The molecule has 0 spiro atoms. The maximum atomic E-state index is 5.76. The summed E-state index contributed by atoms with van der Waals surface area (Å²) in [5.74, 6) is 0.752. The summed E-state index contributed by atoms with van der Waals surface area (Å²) in [6.07, 6.45) is 1.55.